The van der Waals surface area contributed by atoms with Gasteiger partial charge in [0.05, 0.1) is 12.8 Å². The molecule has 2 bridgehead atoms. The molecule has 0 atom stereocenters. The monoisotopic (exact) mass is 258 g/mol. The van der Waals surface area contributed by atoms with Gasteiger partial charge in [0.2, 0.25) is 0 Å². The molecule has 100 valence electrons. The number of rotatable bonds is 2. The summed E-state index contributed by atoms with van der Waals surface area (Å²) < 4.78 is 5.16. The average Bonchev–Trinajstić information content (AvgIpc) is 2.49. The van der Waals surface area contributed by atoms with Crippen LogP contribution in [-0.2, 0) is 0 Å². The van der Waals surface area contributed by atoms with Crippen LogP contribution in [0.3, 0.4) is 0 Å². The first-order valence-electron chi connectivity index (χ1n) is 6.65. The molecule has 1 aromatic rings. The lowest BCUT2D eigenvalue weighted by molar-refractivity contribution is 0.229. The summed E-state index contributed by atoms with van der Waals surface area (Å²) in [5.41, 5.74) is 3.01. The van der Waals surface area contributed by atoms with E-state index in [-0.39, 0.29) is 0 Å². The second-order valence-electron chi connectivity index (χ2n) is 5.05. The van der Waals surface area contributed by atoms with Crippen LogP contribution >= 0.6 is 0 Å². The third-order valence-corrected chi connectivity index (χ3v) is 4.01. The predicted octanol–water partition coefficient (Wildman–Crippen LogP) is 2.59. The highest BCUT2D eigenvalue weighted by Gasteiger charge is 2.35. The van der Waals surface area contributed by atoms with Gasteiger partial charge < -0.3 is 14.8 Å². The molecular formula is C15H18N2O2. The molecule has 4 rings (SSSR count). The Balaban J connectivity index is 1.92. The second-order valence-corrected chi connectivity index (χ2v) is 5.05. The topological polar surface area (TPSA) is 45.1 Å². The van der Waals surface area contributed by atoms with E-state index in [1.807, 2.05) is 24.3 Å². The van der Waals surface area contributed by atoms with Crippen molar-refractivity contribution in [2.24, 2.45) is 11.1 Å². The number of allylic oxidation sites excluding steroid dienone is 1. The molecule has 19 heavy (non-hydrogen) atoms. The van der Waals surface area contributed by atoms with Crippen LogP contribution in [0, 0.1) is 5.92 Å². The van der Waals surface area contributed by atoms with Gasteiger partial charge in [0.25, 0.3) is 0 Å². The lowest BCUT2D eigenvalue weighted by Crippen LogP contribution is -2.46. The van der Waals surface area contributed by atoms with Crippen LogP contribution in [-0.4, -0.2) is 36.0 Å². The van der Waals surface area contributed by atoms with Crippen LogP contribution in [0.2, 0.25) is 0 Å². The van der Waals surface area contributed by atoms with E-state index < -0.39 is 0 Å². The van der Waals surface area contributed by atoms with E-state index in [9.17, 15) is 5.21 Å². The molecule has 0 radical (unpaired) electrons. The highest BCUT2D eigenvalue weighted by Crippen LogP contribution is 2.33. The molecular weight excluding hydrogens is 240 g/mol. The van der Waals surface area contributed by atoms with Crippen molar-refractivity contribution in [2.45, 2.75) is 12.8 Å². The standard InChI is InChI=1S/C15H18N2O2/c1-19-13-4-2-11(3-5-13)10-14-15(16-18)12-6-8-17(14)9-7-12/h2-5,10,12,18H,6-9H2,1H3/b14-10-,16-15-. The van der Waals surface area contributed by atoms with Gasteiger partial charge in [-0.1, -0.05) is 17.3 Å². The van der Waals surface area contributed by atoms with Crippen LogP contribution in [0.4, 0.5) is 0 Å². The number of nitrogens with zero attached hydrogens (tertiary/aromatic N) is 2. The Labute approximate surface area is 113 Å². The van der Waals surface area contributed by atoms with E-state index in [1.165, 1.54) is 0 Å². The quantitative estimate of drug-likeness (QED) is 0.655. The van der Waals surface area contributed by atoms with E-state index in [0.717, 1.165) is 48.7 Å². The molecule has 0 spiro atoms. The minimum absolute atomic E-state index is 0.416. The van der Waals surface area contributed by atoms with Crippen molar-refractivity contribution in [2.75, 3.05) is 20.2 Å². The summed E-state index contributed by atoms with van der Waals surface area (Å²) >= 11 is 0. The Bertz CT molecular complexity index is 511. The molecule has 3 aliphatic heterocycles. The molecule has 3 saturated heterocycles. The summed E-state index contributed by atoms with van der Waals surface area (Å²) in [6, 6.07) is 7.92. The van der Waals surface area contributed by atoms with Crippen LogP contribution in [0.5, 0.6) is 5.75 Å². The van der Waals surface area contributed by atoms with E-state index >= 15 is 0 Å². The SMILES string of the molecule is COc1ccc(/C=C2/C(=N\O)C3CCN2CC3)cc1. The summed E-state index contributed by atoms with van der Waals surface area (Å²) in [4.78, 5) is 2.30. The molecule has 0 aliphatic carbocycles. The van der Waals surface area contributed by atoms with Gasteiger partial charge in [0.1, 0.15) is 11.5 Å². The molecule has 0 aromatic heterocycles. The van der Waals surface area contributed by atoms with Crippen molar-refractivity contribution in [1.29, 1.82) is 0 Å². The summed E-state index contributed by atoms with van der Waals surface area (Å²) in [6.45, 7) is 2.12. The van der Waals surface area contributed by atoms with E-state index in [4.69, 9.17) is 4.74 Å². The lowest BCUT2D eigenvalue weighted by atomic mass is 9.83. The number of methoxy groups -OCH3 is 1. The van der Waals surface area contributed by atoms with Crippen LogP contribution in [0.25, 0.3) is 6.08 Å². The van der Waals surface area contributed by atoms with Gasteiger partial charge >= 0.3 is 0 Å². The van der Waals surface area contributed by atoms with Crippen LogP contribution in [0.1, 0.15) is 18.4 Å². The van der Waals surface area contributed by atoms with Crippen molar-refractivity contribution in [3.63, 3.8) is 0 Å². The van der Waals surface area contributed by atoms with E-state index in [2.05, 4.69) is 16.1 Å². The molecule has 3 heterocycles. The molecule has 0 amide bonds. The molecule has 3 fully saturated rings. The van der Waals surface area contributed by atoms with Gasteiger partial charge in [-0.25, -0.2) is 0 Å². The lowest BCUT2D eigenvalue weighted by Gasteiger charge is -2.42. The van der Waals surface area contributed by atoms with E-state index in [0.29, 0.717) is 5.92 Å². The number of piperidine rings is 3. The van der Waals surface area contributed by atoms with Crippen LogP contribution < -0.4 is 4.74 Å². The Morgan fingerprint density at radius 3 is 2.53 bits per heavy atom. The first-order chi connectivity index (χ1) is 9.31. The number of oxime groups is 1. The minimum Gasteiger partial charge on any atom is -0.497 e. The predicted molar refractivity (Wildman–Crippen MR) is 74.5 cm³/mol. The number of benzene rings is 1. The molecule has 0 saturated carbocycles. The molecule has 3 aliphatic rings. The fraction of sp³-hybridized carbons (Fsp3) is 0.400. The zero-order valence-electron chi connectivity index (χ0n) is 11.0. The van der Waals surface area contributed by atoms with Crippen LogP contribution in [0.15, 0.2) is 35.1 Å². The fourth-order valence-electron chi connectivity index (χ4n) is 2.92. The number of fused-ring (bicyclic) bond motifs is 3. The maximum atomic E-state index is 9.24. The molecule has 4 heteroatoms. The zero-order valence-corrected chi connectivity index (χ0v) is 11.0. The smallest absolute Gasteiger partial charge is 0.118 e. The third kappa shape index (κ3) is 2.18. The summed E-state index contributed by atoms with van der Waals surface area (Å²) in [7, 11) is 1.66. The van der Waals surface area contributed by atoms with Crippen molar-refractivity contribution in [3.8, 4) is 5.75 Å². The van der Waals surface area contributed by atoms with Crippen molar-refractivity contribution in [3.05, 3.63) is 35.5 Å². The Hall–Kier alpha value is -1.97. The maximum absolute atomic E-state index is 9.24. The normalized spacial score (nSPS) is 23.3. The zero-order chi connectivity index (χ0) is 13.2. The van der Waals surface area contributed by atoms with Gasteiger partial charge in [-0.05, 0) is 36.6 Å². The minimum atomic E-state index is 0.416. The fourth-order valence-corrected chi connectivity index (χ4v) is 2.92. The Morgan fingerprint density at radius 2 is 1.95 bits per heavy atom. The number of ether oxygens (including phenoxy) is 1. The first-order valence-corrected chi connectivity index (χ1v) is 6.65. The molecule has 4 nitrogen and oxygen atoms in total. The summed E-state index contributed by atoms with van der Waals surface area (Å²) in [5.74, 6) is 1.27. The molecule has 1 N–H and O–H groups in total. The van der Waals surface area contributed by atoms with Crippen molar-refractivity contribution in [1.82, 2.24) is 4.90 Å². The summed E-state index contributed by atoms with van der Waals surface area (Å²) in [5, 5.41) is 12.8. The Kier molecular flexibility index (Phi) is 3.15. The van der Waals surface area contributed by atoms with Crippen molar-refractivity contribution < 1.29 is 9.94 Å². The van der Waals surface area contributed by atoms with Gasteiger partial charge in [0.15, 0.2) is 0 Å². The number of hydrogen-bond acceptors (Lipinski definition) is 4. The van der Waals surface area contributed by atoms with Gasteiger partial charge in [-0.2, -0.15) is 0 Å². The molecule has 1 aromatic carbocycles. The maximum Gasteiger partial charge on any atom is 0.118 e. The van der Waals surface area contributed by atoms with Crippen molar-refractivity contribution >= 4 is 11.8 Å². The number of hydrogen-bond donors (Lipinski definition) is 1. The molecule has 0 unspecified atom stereocenters. The first kappa shape index (κ1) is 12.1. The highest BCUT2D eigenvalue weighted by atomic mass is 16.5. The van der Waals surface area contributed by atoms with Gasteiger partial charge in [0, 0.05) is 19.0 Å². The largest absolute Gasteiger partial charge is 0.497 e. The van der Waals surface area contributed by atoms with Gasteiger partial charge in [-0.15, -0.1) is 0 Å². The van der Waals surface area contributed by atoms with E-state index in [1.54, 1.807) is 7.11 Å². The highest BCUT2D eigenvalue weighted by molar-refractivity contribution is 6.05. The Morgan fingerprint density at radius 1 is 1.26 bits per heavy atom. The second kappa shape index (κ2) is 4.96. The van der Waals surface area contributed by atoms with Gasteiger partial charge in [-0.3, -0.25) is 0 Å². The third-order valence-electron chi connectivity index (χ3n) is 4.01. The summed E-state index contributed by atoms with van der Waals surface area (Å²) in [6.07, 6.45) is 4.29. The average molecular weight is 258 g/mol.